The molecule has 0 spiro atoms. The molecule has 10 rings (SSSR count). The highest BCUT2D eigenvalue weighted by Crippen LogP contribution is 2.42. The van der Waals surface area contributed by atoms with E-state index in [1.807, 2.05) is 0 Å². The zero-order valence-corrected chi connectivity index (χ0v) is 31.9. The topological polar surface area (TPSA) is 0 Å². The molecule has 0 nitrogen and oxygen atoms in total. The maximum atomic E-state index is 2.57. The first kappa shape index (κ1) is 30.1. The first-order chi connectivity index (χ1) is 24.1. The lowest BCUT2D eigenvalue weighted by Crippen LogP contribution is -2.88. The Morgan fingerprint density at radius 1 is 0.360 bits per heavy atom. The Labute approximate surface area is 297 Å². The fraction of sp³-hybridized carbons (Fsp3) is 0.167. The summed E-state index contributed by atoms with van der Waals surface area (Å²) in [5.74, 6) is 0. The molecule has 0 saturated carbocycles. The van der Waals surface area contributed by atoms with Crippen LogP contribution in [0.5, 0.6) is 0 Å². The lowest BCUT2D eigenvalue weighted by Gasteiger charge is -2.42. The Morgan fingerprint density at radius 3 is 1.10 bits per heavy atom. The van der Waals surface area contributed by atoms with Gasteiger partial charge in [-0.1, -0.05) is 185 Å². The molecule has 8 aromatic carbocycles. The lowest BCUT2D eigenvalue weighted by atomic mass is 9.87. The van der Waals surface area contributed by atoms with E-state index in [0.717, 1.165) is 0 Å². The Bertz CT molecular complexity index is 2520. The normalized spacial score (nSPS) is 19.6. The Hall–Kier alpha value is -4.77. The van der Waals surface area contributed by atoms with Crippen LogP contribution < -0.4 is 31.1 Å². The van der Waals surface area contributed by atoms with Crippen LogP contribution >= 0.6 is 0 Å². The van der Waals surface area contributed by atoms with Crippen molar-refractivity contribution < 1.29 is 0 Å². The van der Waals surface area contributed by atoms with Crippen molar-refractivity contribution in [1.29, 1.82) is 0 Å². The average molecular weight is 675 g/mol. The number of benzene rings is 8. The second kappa shape index (κ2) is 9.93. The van der Waals surface area contributed by atoms with Gasteiger partial charge in [-0.3, -0.25) is 0 Å². The van der Waals surface area contributed by atoms with Gasteiger partial charge in [-0.2, -0.15) is 0 Å². The highest BCUT2D eigenvalue weighted by molar-refractivity contribution is 7.71. The van der Waals surface area contributed by atoms with Crippen LogP contribution in [0.3, 0.4) is 0 Å². The summed E-state index contributed by atoms with van der Waals surface area (Å²) in [6.45, 7) is 14.0. The monoisotopic (exact) mass is 674 g/mol. The van der Waals surface area contributed by atoms with Gasteiger partial charge in [0, 0.05) is 0 Å². The first-order valence-corrected chi connectivity index (χ1v) is 23.2. The molecular weight excluding hydrogens is 633 g/mol. The van der Waals surface area contributed by atoms with E-state index in [9.17, 15) is 0 Å². The van der Waals surface area contributed by atoms with Gasteiger partial charge in [-0.25, -0.2) is 0 Å². The Kier molecular flexibility index (Phi) is 5.98. The predicted octanol–water partition coefficient (Wildman–Crippen LogP) is 8.24. The van der Waals surface area contributed by atoms with Crippen LogP contribution in [0, 0.1) is 0 Å². The van der Waals surface area contributed by atoms with Gasteiger partial charge in [0.2, 0.25) is 0 Å². The van der Waals surface area contributed by atoms with Crippen molar-refractivity contribution in [2.45, 2.75) is 52.4 Å². The van der Waals surface area contributed by atoms with Crippen molar-refractivity contribution >= 4 is 89.4 Å². The SMILES string of the molecule is CC(C)(C)c1ccc([Si@]23c4cccc5cc6ccccc6c(c45)[Si@@]2(c2ccc(C(C)(C)C)cc2)c2cccc4cc5ccccc5c3c24)cc1. The molecule has 2 heteroatoms. The molecule has 0 unspecified atom stereocenters. The minimum absolute atomic E-state index is 0.0786. The van der Waals surface area contributed by atoms with Crippen LogP contribution in [0.25, 0.3) is 43.1 Å². The number of hydrogen-bond donors (Lipinski definition) is 0. The predicted molar refractivity (Wildman–Crippen MR) is 223 cm³/mol. The first-order valence-electron chi connectivity index (χ1n) is 18.2. The van der Waals surface area contributed by atoms with Gasteiger partial charge in [-0.15, -0.1) is 0 Å². The molecule has 2 heterocycles. The van der Waals surface area contributed by atoms with E-state index in [0.29, 0.717) is 0 Å². The standard InChI is InChI=1S/C48H42Si2/c1-47(2,3)35-21-25-37(26-22-35)49-41-19-11-15-33-30-32-14-8-10-18-40(32)46(43(33)41)50(49,38-27-23-36(24-28-38)48(4,5)6)42-20-12-16-34-29-31-13-7-9-17-39(31)45(49)44(34)42/h7-30H,1-6H3/t49-,50-/m1/s1. The molecule has 0 amide bonds. The highest BCUT2D eigenvalue weighted by atomic mass is 29.3. The highest BCUT2D eigenvalue weighted by Gasteiger charge is 2.70. The molecule has 0 N–H and O–H groups in total. The fourth-order valence-electron chi connectivity index (χ4n) is 10.2. The summed E-state index contributed by atoms with van der Waals surface area (Å²) in [4.78, 5) is 0. The van der Waals surface area contributed by atoms with Crippen molar-refractivity contribution in [2.75, 3.05) is 0 Å². The summed E-state index contributed by atoms with van der Waals surface area (Å²) in [6, 6.07) is 58.3. The van der Waals surface area contributed by atoms with E-state index in [4.69, 9.17) is 0 Å². The van der Waals surface area contributed by atoms with Crippen LogP contribution in [0.15, 0.2) is 146 Å². The molecule has 0 aromatic heterocycles. The van der Waals surface area contributed by atoms with Gasteiger partial charge in [0.15, 0.2) is 15.2 Å². The van der Waals surface area contributed by atoms with Crippen molar-refractivity contribution in [1.82, 2.24) is 0 Å². The summed E-state index contributed by atoms with van der Waals surface area (Å²) in [5, 5.41) is 21.0. The summed E-state index contributed by atoms with van der Waals surface area (Å²) < 4.78 is 0. The number of hydrogen-bond acceptors (Lipinski definition) is 0. The molecular formula is C48H42Si2. The van der Waals surface area contributed by atoms with Gasteiger partial charge in [0.05, 0.1) is 0 Å². The van der Waals surface area contributed by atoms with Crippen molar-refractivity contribution in [3.63, 3.8) is 0 Å². The molecule has 0 fully saturated rings. The summed E-state index contributed by atoms with van der Waals surface area (Å²) in [6.07, 6.45) is 0. The molecule has 0 saturated heterocycles. The van der Waals surface area contributed by atoms with Gasteiger partial charge in [0.1, 0.15) is 0 Å². The van der Waals surface area contributed by atoms with Crippen LogP contribution in [-0.4, -0.2) is 15.2 Å². The van der Waals surface area contributed by atoms with Crippen LogP contribution in [0.1, 0.15) is 52.7 Å². The molecule has 242 valence electrons. The van der Waals surface area contributed by atoms with Gasteiger partial charge in [0.25, 0.3) is 0 Å². The van der Waals surface area contributed by atoms with E-state index in [1.165, 1.54) is 54.2 Å². The quantitative estimate of drug-likeness (QED) is 0.128. The molecule has 0 bridgehead atoms. The zero-order chi connectivity index (χ0) is 34.2. The molecule has 8 aromatic rings. The molecule has 2 aliphatic rings. The van der Waals surface area contributed by atoms with E-state index < -0.39 is 15.2 Å². The number of rotatable bonds is 2. The van der Waals surface area contributed by atoms with E-state index in [2.05, 4.69) is 187 Å². The van der Waals surface area contributed by atoms with E-state index >= 15 is 0 Å². The van der Waals surface area contributed by atoms with Gasteiger partial charge in [-0.05, 0) is 97.9 Å². The summed E-state index contributed by atoms with van der Waals surface area (Å²) >= 11 is 0. The maximum absolute atomic E-state index is 2.86. The number of fused-ring (bicyclic) bond motifs is 9. The van der Waals surface area contributed by atoms with Gasteiger partial charge >= 0.3 is 0 Å². The molecule has 2 atom stereocenters. The summed E-state index contributed by atoms with van der Waals surface area (Å²) in [5.41, 5.74) is 2.95. The zero-order valence-electron chi connectivity index (χ0n) is 29.9. The second-order valence-corrected chi connectivity index (χ2v) is 27.6. The van der Waals surface area contributed by atoms with Crippen molar-refractivity contribution in [2.24, 2.45) is 0 Å². The van der Waals surface area contributed by atoms with Crippen LogP contribution in [-0.2, 0) is 10.8 Å². The lowest BCUT2D eigenvalue weighted by molar-refractivity contribution is 0.590. The van der Waals surface area contributed by atoms with Gasteiger partial charge < -0.3 is 0 Å². The maximum Gasteiger partial charge on any atom is 0.156 e. The third-order valence-corrected chi connectivity index (χ3v) is 29.0. The third-order valence-electron chi connectivity index (χ3n) is 12.3. The van der Waals surface area contributed by atoms with Crippen molar-refractivity contribution in [3.05, 3.63) is 157 Å². The van der Waals surface area contributed by atoms with Crippen molar-refractivity contribution in [3.8, 4) is 0 Å². The Balaban J connectivity index is 1.51. The third kappa shape index (κ3) is 3.61. The average Bonchev–Trinajstić information content (AvgIpc) is 3.55. The molecule has 0 aliphatic carbocycles. The molecule has 2 aliphatic heterocycles. The molecule has 50 heavy (non-hydrogen) atoms. The van der Waals surface area contributed by atoms with E-state index in [-0.39, 0.29) is 10.8 Å². The van der Waals surface area contributed by atoms with Crippen LogP contribution in [0.4, 0.5) is 0 Å². The van der Waals surface area contributed by atoms with Crippen LogP contribution in [0.2, 0.25) is 0 Å². The molecule has 0 radical (unpaired) electrons. The minimum atomic E-state index is -2.86. The smallest absolute Gasteiger partial charge is 0.0621 e. The largest absolute Gasteiger partial charge is 0.156 e. The fourth-order valence-corrected chi connectivity index (χ4v) is 31.5. The Morgan fingerprint density at radius 2 is 0.720 bits per heavy atom. The van der Waals surface area contributed by atoms with E-state index in [1.54, 1.807) is 31.1 Å². The summed E-state index contributed by atoms with van der Waals surface area (Å²) in [7, 11) is -5.73. The second-order valence-electron chi connectivity index (χ2n) is 16.9. The minimum Gasteiger partial charge on any atom is -0.0621 e.